The van der Waals surface area contributed by atoms with Gasteiger partial charge in [0.25, 0.3) is 0 Å². The fourth-order valence-corrected chi connectivity index (χ4v) is 2.20. The van der Waals surface area contributed by atoms with Crippen LogP contribution in [0.5, 0.6) is 0 Å². The molecule has 55 valence electrons. The molecule has 0 aliphatic heterocycles. The Balaban J connectivity index is 2.91. The molecule has 0 bridgehead atoms. The molecule has 0 saturated heterocycles. The van der Waals surface area contributed by atoms with Gasteiger partial charge in [0.2, 0.25) is 0 Å². The first-order chi connectivity index (χ1) is 5.27. The Morgan fingerprint density at radius 2 is 2.27 bits per heavy atom. The summed E-state index contributed by atoms with van der Waals surface area (Å²) in [7, 11) is 0. The van der Waals surface area contributed by atoms with Crippen molar-refractivity contribution >= 4 is 37.5 Å². The SMILES string of the molecule is Brc1cc(Br)c2n[c]cn2c1. The normalized spacial score (nSPS) is 10.7. The highest BCUT2D eigenvalue weighted by atomic mass is 79.9. The minimum atomic E-state index is 0.883. The first kappa shape index (κ1) is 7.31. The lowest BCUT2D eigenvalue weighted by Crippen LogP contribution is -1.83. The maximum absolute atomic E-state index is 4.03. The van der Waals surface area contributed by atoms with E-state index >= 15 is 0 Å². The number of hydrogen-bond donors (Lipinski definition) is 0. The van der Waals surface area contributed by atoms with Crippen LogP contribution in [0.25, 0.3) is 5.65 Å². The quantitative estimate of drug-likeness (QED) is 0.722. The van der Waals surface area contributed by atoms with Crippen molar-refractivity contribution in [1.82, 2.24) is 9.38 Å². The van der Waals surface area contributed by atoms with Gasteiger partial charge in [-0.25, -0.2) is 4.98 Å². The largest absolute Gasteiger partial charge is 0.304 e. The number of fused-ring (bicyclic) bond motifs is 1. The van der Waals surface area contributed by atoms with Gasteiger partial charge in [-0.3, -0.25) is 0 Å². The second kappa shape index (κ2) is 2.60. The number of hydrogen-bond acceptors (Lipinski definition) is 1. The molecule has 2 heterocycles. The van der Waals surface area contributed by atoms with Crippen LogP contribution in [0, 0.1) is 6.20 Å². The van der Waals surface area contributed by atoms with Crippen LogP contribution in [0.2, 0.25) is 0 Å². The van der Waals surface area contributed by atoms with E-state index in [0.29, 0.717) is 0 Å². The van der Waals surface area contributed by atoms with Crippen LogP contribution in [0.1, 0.15) is 0 Å². The summed E-state index contributed by atoms with van der Waals surface area (Å²) in [6.07, 6.45) is 6.48. The fourth-order valence-electron chi connectivity index (χ4n) is 0.902. The third-order valence-electron chi connectivity index (χ3n) is 1.35. The van der Waals surface area contributed by atoms with Gasteiger partial charge in [0, 0.05) is 16.9 Å². The minimum absolute atomic E-state index is 0.883. The maximum Gasteiger partial charge on any atom is 0.151 e. The van der Waals surface area contributed by atoms with E-state index < -0.39 is 0 Å². The molecule has 0 saturated carbocycles. The molecule has 0 aliphatic carbocycles. The third-order valence-corrected chi connectivity index (χ3v) is 2.37. The molecule has 2 aromatic rings. The lowest BCUT2D eigenvalue weighted by atomic mass is 10.5. The summed E-state index contributed by atoms with van der Waals surface area (Å²) in [6.45, 7) is 0. The number of rotatable bonds is 0. The summed E-state index contributed by atoms with van der Waals surface area (Å²) in [5.74, 6) is 0. The standard InChI is InChI=1S/C7H3Br2N2/c8-5-3-6(9)7-10-1-2-11(7)4-5/h2-4H. The van der Waals surface area contributed by atoms with Gasteiger partial charge in [0.15, 0.2) is 5.65 Å². The molecule has 0 unspecified atom stereocenters. The summed E-state index contributed by atoms with van der Waals surface area (Å²) in [5, 5.41) is 0. The van der Waals surface area contributed by atoms with E-state index in [2.05, 4.69) is 43.0 Å². The Hall–Kier alpha value is -0.350. The highest BCUT2D eigenvalue weighted by Crippen LogP contribution is 2.20. The maximum atomic E-state index is 4.03. The van der Waals surface area contributed by atoms with Gasteiger partial charge >= 0.3 is 0 Å². The molecule has 0 fully saturated rings. The molecule has 2 nitrogen and oxygen atoms in total. The summed E-state index contributed by atoms with van der Waals surface area (Å²) in [5.41, 5.74) is 0.883. The zero-order valence-electron chi connectivity index (χ0n) is 5.38. The van der Waals surface area contributed by atoms with Gasteiger partial charge in [0.1, 0.15) is 6.20 Å². The van der Waals surface area contributed by atoms with Crippen molar-refractivity contribution in [3.8, 4) is 0 Å². The van der Waals surface area contributed by atoms with Gasteiger partial charge in [0.05, 0.1) is 4.47 Å². The van der Waals surface area contributed by atoms with Gasteiger partial charge in [-0.05, 0) is 37.9 Å². The molecular formula is C7H3Br2N2. The van der Waals surface area contributed by atoms with E-state index in [-0.39, 0.29) is 0 Å². The molecule has 1 radical (unpaired) electrons. The van der Waals surface area contributed by atoms with Crippen LogP contribution in [-0.4, -0.2) is 9.38 Å². The van der Waals surface area contributed by atoms with Crippen molar-refractivity contribution in [2.24, 2.45) is 0 Å². The van der Waals surface area contributed by atoms with Crippen LogP contribution in [0.15, 0.2) is 27.4 Å². The second-order valence-electron chi connectivity index (χ2n) is 2.11. The fraction of sp³-hybridized carbons (Fsp3) is 0. The van der Waals surface area contributed by atoms with E-state index in [1.165, 1.54) is 0 Å². The van der Waals surface area contributed by atoms with Crippen LogP contribution >= 0.6 is 31.9 Å². The molecule has 11 heavy (non-hydrogen) atoms. The Morgan fingerprint density at radius 3 is 3.09 bits per heavy atom. The Morgan fingerprint density at radius 1 is 1.45 bits per heavy atom. The van der Waals surface area contributed by atoms with E-state index in [0.717, 1.165) is 14.6 Å². The highest BCUT2D eigenvalue weighted by molar-refractivity contribution is 9.11. The van der Waals surface area contributed by atoms with Crippen LogP contribution in [-0.2, 0) is 0 Å². The van der Waals surface area contributed by atoms with Gasteiger partial charge in [-0.15, -0.1) is 0 Å². The van der Waals surface area contributed by atoms with Crippen molar-refractivity contribution < 1.29 is 0 Å². The van der Waals surface area contributed by atoms with Gasteiger partial charge in [-0.2, -0.15) is 0 Å². The van der Waals surface area contributed by atoms with Crippen molar-refractivity contribution in [3.63, 3.8) is 0 Å². The predicted molar refractivity (Wildman–Crippen MR) is 49.4 cm³/mol. The first-order valence-electron chi connectivity index (χ1n) is 2.97. The molecule has 0 atom stereocenters. The van der Waals surface area contributed by atoms with Gasteiger partial charge < -0.3 is 4.40 Å². The molecule has 0 aromatic carbocycles. The van der Waals surface area contributed by atoms with E-state index in [9.17, 15) is 0 Å². The number of aromatic nitrogens is 2. The average Bonchev–Trinajstić information content (AvgIpc) is 2.34. The molecule has 2 aromatic heterocycles. The van der Waals surface area contributed by atoms with E-state index in [1.807, 2.05) is 16.7 Å². The number of imidazole rings is 1. The van der Waals surface area contributed by atoms with Gasteiger partial charge in [-0.1, -0.05) is 0 Å². The Kier molecular flexibility index (Phi) is 1.73. The lowest BCUT2D eigenvalue weighted by molar-refractivity contribution is 1.17. The highest BCUT2D eigenvalue weighted by Gasteiger charge is 1.99. The number of halogens is 2. The van der Waals surface area contributed by atoms with Crippen molar-refractivity contribution in [2.75, 3.05) is 0 Å². The van der Waals surface area contributed by atoms with E-state index in [4.69, 9.17) is 0 Å². The predicted octanol–water partition coefficient (Wildman–Crippen LogP) is 2.66. The molecule has 0 N–H and O–H groups in total. The average molecular weight is 275 g/mol. The first-order valence-corrected chi connectivity index (χ1v) is 4.56. The Labute approximate surface area is 80.5 Å². The third kappa shape index (κ3) is 1.20. The number of nitrogens with zero attached hydrogens (tertiary/aromatic N) is 2. The summed E-state index contributed by atoms with van der Waals surface area (Å²) >= 11 is 6.77. The lowest BCUT2D eigenvalue weighted by Gasteiger charge is -1.96. The summed E-state index contributed by atoms with van der Waals surface area (Å²) < 4.78 is 3.88. The summed E-state index contributed by atoms with van der Waals surface area (Å²) in [4.78, 5) is 4.03. The zero-order chi connectivity index (χ0) is 7.84. The Bertz CT molecular complexity index is 394. The van der Waals surface area contributed by atoms with Crippen molar-refractivity contribution in [3.05, 3.63) is 33.6 Å². The van der Waals surface area contributed by atoms with Crippen LogP contribution in [0.4, 0.5) is 0 Å². The van der Waals surface area contributed by atoms with Crippen molar-refractivity contribution in [1.29, 1.82) is 0 Å². The smallest absolute Gasteiger partial charge is 0.151 e. The monoisotopic (exact) mass is 273 g/mol. The molecule has 0 amide bonds. The zero-order valence-corrected chi connectivity index (χ0v) is 8.55. The molecule has 4 heteroatoms. The topological polar surface area (TPSA) is 17.3 Å². The molecule has 0 aliphatic rings. The molecular weight excluding hydrogens is 272 g/mol. The van der Waals surface area contributed by atoms with E-state index in [1.54, 1.807) is 6.20 Å². The molecule has 0 spiro atoms. The van der Waals surface area contributed by atoms with Crippen molar-refractivity contribution in [2.45, 2.75) is 0 Å². The second-order valence-corrected chi connectivity index (χ2v) is 3.88. The minimum Gasteiger partial charge on any atom is -0.304 e. The van der Waals surface area contributed by atoms with Crippen LogP contribution in [0.3, 0.4) is 0 Å². The number of pyridine rings is 1. The van der Waals surface area contributed by atoms with Crippen LogP contribution < -0.4 is 0 Å². The summed E-state index contributed by atoms with van der Waals surface area (Å²) in [6, 6.07) is 1.95. The molecule has 2 rings (SSSR count).